The number of hydrogen-bond acceptors (Lipinski definition) is 2. The second kappa shape index (κ2) is 2.36. The Balaban J connectivity index is 2.21. The fourth-order valence-corrected chi connectivity index (χ4v) is 2.16. The predicted octanol–water partition coefficient (Wildman–Crippen LogP) is 1.66. The van der Waals surface area contributed by atoms with Gasteiger partial charge in [0.1, 0.15) is 0 Å². The van der Waals surface area contributed by atoms with E-state index in [0.29, 0.717) is 0 Å². The highest BCUT2D eigenvalue weighted by molar-refractivity contribution is 5.90. The summed E-state index contributed by atoms with van der Waals surface area (Å²) in [7, 11) is 1.46. The van der Waals surface area contributed by atoms with Gasteiger partial charge in [0.05, 0.1) is 7.11 Å². The molecule has 1 atom stereocenters. The second-order valence-electron chi connectivity index (χ2n) is 3.39. The minimum absolute atomic E-state index is 0.0952. The first-order valence-corrected chi connectivity index (χ1v) is 4.10. The molecule has 1 saturated carbocycles. The van der Waals surface area contributed by atoms with Crippen molar-refractivity contribution in [3.8, 4) is 0 Å². The summed E-state index contributed by atoms with van der Waals surface area (Å²) in [6.07, 6.45) is 4.55. The van der Waals surface area contributed by atoms with Crippen LogP contribution in [0.1, 0.15) is 25.7 Å². The molecular weight excluding hydrogens is 140 g/mol. The zero-order chi connectivity index (χ0) is 7.84. The minimum atomic E-state index is -0.0952. The van der Waals surface area contributed by atoms with Crippen molar-refractivity contribution >= 4 is 5.97 Å². The van der Waals surface area contributed by atoms with Crippen molar-refractivity contribution in [3.05, 3.63) is 11.1 Å². The van der Waals surface area contributed by atoms with Crippen LogP contribution in [0.2, 0.25) is 0 Å². The molecule has 11 heavy (non-hydrogen) atoms. The molecule has 0 amide bonds. The van der Waals surface area contributed by atoms with Crippen LogP contribution in [0.25, 0.3) is 0 Å². The third kappa shape index (κ3) is 0.971. The molecule has 0 spiro atoms. The molecule has 1 fully saturated rings. The van der Waals surface area contributed by atoms with Crippen molar-refractivity contribution < 1.29 is 9.53 Å². The van der Waals surface area contributed by atoms with E-state index in [1.165, 1.54) is 19.1 Å². The maximum atomic E-state index is 11.1. The van der Waals surface area contributed by atoms with Crippen LogP contribution in [-0.2, 0) is 9.53 Å². The Bertz CT molecular complexity index is 228. The quantitative estimate of drug-likeness (QED) is 0.534. The smallest absolute Gasteiger partial charge is 0.333 e. The van der Waals surface area contributed by atoms with Gasteiger partial charge in [-0.3, -0.25) is 0 Å². The molecule has 0 aromatic heterocycles. The van der Waals surface area contributed by atoms with Gasteiger partial charge in [0.2, 0.25) is 0 Å². The average molecular weight is 152 g/mol. The van der Waals surface area contributed by atoms with Gasteiger partial charge in [0.15, 0.2) is 0 Å². The second-order valence-corrected chi connectivity index (χ2v) is 3.39. The first-order valence-electron chi connectivity index (χ1n) is 4.10. The molecule has 0 radical (unpaired) electrons. The normalized spacial score (nSPS) is 27.9. The summed E-state index contributed by atoms with van der Waals surface area (Å²) in [5.74, 6) is 0.668. The van der Waals surface area contributed by atoms with E-state index in [1.54, 1.807) is 0 Å². The lowest BCUT2D eigenvalue weighted by Crippen LogP contribution is -2.07. The van der Waals surface area contributed by atoms with Gasteiger partial charge in [-0.25, -0.2) is 4.79 Å². The number of ether oxygens (including phenoxy) is 1. The van der Waals surface area contributed by atoms with Crippen molar-refractivity contribution in [3.63, 3.8) is 0 Å². The van der Waals surface area contributed by atoms with Crippen molar-refractivity contribution in [2.75, 3.05) is 7.11 Å². The summed E-state index contributed by atoms with van der Waals surface area (Å²) in [6.45, 7) is 0. The summed E-state index contributed by atoms with van der Waals surface area (Å²) in [4.78, 5) is 11.1. The number of fused-ring (bicyclic) bond motifs is 2. The maximum Gasteiger partial charge on any atom is 0.333 e. The number of esters is 1. The van der Waals surface area contributed by atoms with Crippen molar-refractivity contribution in [1.82, 2.24) is 0 Å². The SMILES string of the molecule is COC(=O)C1=C2CCC(C2)C1. The van der Waals surface area contributed by atoms with E-state index in [9.17, 15) is 4.79 Å². The number of rotatable bonds is 1. The van der Waals surface area contributed by atoms with E-state index in [-0.39, 0.29) is 5.97 Å². The molecule has 2 nitrogen and oxygen atoms in total. The van der Waals surface area contributed by atoms with Crippen LogP contribution in [-0.4, -0.2) is 13.1 Å². The summed E-state index contributed by atoms with van der Waals surface area (Å²) in [6, 6.07) is 0. The number of allylic oxidation sites excluding steroid dienone is 1. The van der Waals surface area contributed by atoms with E-state index in [2.05, 4.69) is 4.74 Å². The molecule has 1 unspecified atom stereocenters. The molecule has 0 aromatic carbocycles. The molecule has 0 N–H and O–H groups in total. The Morgan fingerprint density at radius 1 is 1.55 bits per heavy atom. The Morgan fingerprint density at radius 2 is 2.36 bits per heavy atom. The molecular formula is C9H12O2. The van der Waals surface area contributed by atoms with Crippen LogP contribution in [0.15, 0.2) is 11.1 Å². The van der Waals surface area contributed by atoms with Gasteiger partial charge in [-0.05, 0) is 31.6 Å². The number of carbonyl (C=O) groups is 1. The standard InChI is InChI=1S/C9H12O2/c1-11-9(10)8-5-6-2-3-7(8)4-6/h6H,2-5H2,1H3. The molecule has 60 valence electrons. The maximum absolute atomic E-state index is 11.1. The van der Waals surface area contributed by atoms with Crippen molar-refractivity contribution in [2.24, 2.45) is 5.92 Å². The van der Waals surface area contributed by atoms with Crippen LogP contribution >= 0.6 is 0 Å². The topological polar surface area (TPSA) is 26.3 Å². The highest BCUT2D eigenvalue weighted by atomic mass is 16.5. The lowest BCUT2D eigenvalue weighted by molar-refractivity contribution is -0.136. The average Bonchev–Trinajstić information content (AvgIpc) is 2.62. The van der Waals surface area contributed by atoms with Crippen LogP contribution in [0.3, 0.4) is 0 Å². The van der Waals surface area contributed by atoms with Gasteiger partial charge in [-0.15, -0.1) is 0 Å². The Kier molecular flexibility index (Phi) is 1.48. The molecule has 0 saturated heterocycles. The first-order chi connectivity index (χ1) is 5.31. The van der Waals surface area contributed by atoms with Gasteiger partial charge >= 0.3 is 5.97 Å². The van der Waals surface area contributed by atoms with Gasteiger partial charge in [0.25, 0.3) is 0 Å². The van der Waals surface area contributed by atoms with Gasteiger partial charge in [0, 0.05) is 5.57 Å². The highest BCUT2D eigenvalue weighted by Crippen LogP contribution is 2.44. The Hall–Kier alpha value is -0.790. The third-order valence-corrected chi connectivity index (χ3v) is 2.74. The number of hydrogen-bond donors (Lipinski definition) is 0. The summed E-state index contributed by atoms with van der Waals surface area (Å²) < 4.78 is 4.69. The number of carbonyl (C=O) groups excluding carboxylic acids is 1. The zero-order valence-electron chi connectivity index (χ0n) is 6.72. The van der Waals surface area contributed by atoms with Gasteiger partial charge < -0.3 is 4.74 Å². The van der Waals surface area contributed by atoms with E-state index in [0.717, 1.165) is 30.8 Å². The number of methoxy groups -OCH3 is 1. The lowest BCUT2D eigenvalue weighted by atomic mass is 9.99. The Morgan fingerprint density at radius 3 is 2.82 bits per heavy atom. The van der Waals surface area contributed by atoms with Crippen LogP contribution in [0.4, 0.5) is 0 Å². The van der Waals surface area contributed by atoms with Crippen molar-refractivity contribution in [1.29, 1.82) is 0 Å². The summed E-state index contributed by atoms with van der Waals surface area (Å²) >= 11 is 0. The van der Waals surface area contributed by atoms with E-state index in [4.69, 9.17) is 0 Å². The fourth-order valence-electron chi connectivity index (χ4n) is 2.16. The van der Waals surface area contributed by atoms with Gasteiger partial charge in [-0.1, -0.05) is 5.57 Å². The lowest BCUT2D eigenvalue weighted by Gasteiger charge is -2.08. The molecule has 0 aromatic rings. The summed E-state index contributed by atoms with van der Waals surface area (Å²) in [5, 5.41) is 0. The Labute approximate surface area is 66.2 Å². The monoisotopic (exact) mass is 152 g/mol. The fraction of sp³-hybridized carbons (Fsp3) is 0.667. The van der Waals surface area contributed by atoms with E-state index < -0.39 is 0 Å². The molecule has 2 rings (SSSR count). The van der Waals surface area contributed by atoms with E-state index in [1.807, 2.05) is 0 Å². The molecule has 2 aliphatic rings. The molecule has 0 aliphatic heterocycles. The van der Waals surface area contributed by atoms with Crippen molar-refractivity contribution in [2.45, 2.75) is 25.7 Å². The molecule has 2 bridgehead atoms. The third-order valence-electron chi connectivity index (χ3n) is 2.74. The van der Waals surface area contributed by atoms with E-state index >= 15 is 0 Å². The zero-order valence-corrected chi connectivity index (χ0v) is 6.72. The highest BCUT2D eigenvalue weighted by Gasteiger charge is 2.33. The van der Waals surface area contributed by atoms with Gasteiger partial charge in [-0.2, -0.15) is 0 Å². The molecule has 2 heteroatoms. The van der Waals surface area contributed by atoms with Crippen LogP contribution in [0.5, 0.6) is 0 Å². The summed E-state index contributed by atoms with van der Waals surface area (Å²) in [5.41, 5.74) is 2.34. The van der Waals surface area contributed by atoms with Crippen LogP contribution in [0, 0.1) is 5.92 Å². The molecule has 0 heterocycles. The minimum Gasteiger partial charge on any atom is -0.466 e. The first kappa shape index (κ1) is 6.89. The van der Waals surface area contributed by atoms with Crippen LogP contribution < -0.4 is 0 Å². The molecule has 2 aliphatic carbocycles. The largest absolute Gasteiger partial charge is 0.466 e. The predicted molar refractivity (Wildman–Crippen MR) is 41.0 cm³/mol.